The number of amides is 1. The maximum Gasteiger partial charge on any atom is 0.226 e. The van der Waals surface area contributed by atoms with Gasteiger partial charge in [0.15, 0.2) is 5.82 Å². The van der Waals surface area contributed by atoms with E-state index < -0.39 is 0 Å². The lowest BCUT2D eigenvalue weighted by atomic mass is 9.94. The van der Waals surface area contributed by atoms with E-state index in [2.05, 4.69) is 10.1 Å². The fraction of sp³-hybridized carbons (Fsp3) is 0.571. The molecule has 1 aromatic heterocycles. The standard InChI is InChI=1S/C21H27N3O3/c25-20(14-16-5-2-1-3-6-16)24-10-4-7-17(15-24)13-19-22-21(23-27-19)18-8-11-26-12-9-18/h1-3,5-6,17-18H,4,7-15H2. The third-order valence-electron chi connectivity index (χ3n) is 5.60. The summed E-state index contributed by atoms with van der Waals surface area (Å²) in [5, 5.41) is 4.19. The fourth-order valence-corrected chi connectivity index (χ4v) is 4.06. The molecule has 0 aliphatic carbocycles. The van der Waals surface area contributed by atoms with Gasteiger partial charge >= 0.3 is 0 Å². The zero-order valence-electron chi connectivity index (χ0n) is 15.7. The van der Waals surface area contributed by atoms with Crippen molar-refractivity contribution in [1.82, 2.24) is 15.0 Å². The fourth-order valence-electron chi connectivity index (χ4n) is 4.06. The lowest BCUT2D eigenvalue weighted by Crippen LogP contribution is -2.41. The first kappa shape index (κ1) is 18.2. The van der Waals surface area contributed by atoms with E-state index in [9.17, 15) is 4.79 Å². The first-order valence-electron chi connectivity index (χ1n) is 10.00. The number of nitrogens with zero attached hydrogens (tertiary/aromatic N) is 3. The van der Waals surface area contributed by atoms with Gasteiger partial charge in [-0.15, -0.1) is 0 Å². The molecule has 0 spiro atoms. The second-order valence-electron chi connectivity index (χ2n) is 7.65. The van der Waals surface area contributed by atoms with Crippen molar-refractivity contribution in [3.8, 4) is 0 Å². The van der Waals surface area contributed by atoms with E-state index in [1.54, 1.807) is 0 Å². The first-order valence-corrected chi connectivity index (χ1v) is 10.00. The molecule has 3 heterocycles. The van der Waals surface area contributed by atoms with Crippen LogP contribution in [-0.2, 0) is 22.4 Å². The van der Waals surface area contributed by atoms with Crippen LogP contribution < -0.4 is 0 Å². The van der Waals surface area contributed by atoms with Gasteiger partial charge < -0.3 is 14.2 Å². The predicted molar refractivity (Wildman–Crippen MR) is 100 cm³/mol. The molecule has 1 atom stereocenters. The van der Waals surface area contributed by atoms with Crippen LogP contribution in [0.5, 0.6) is 0 Å². The van der Waals surface area contributed by atoms with Crippen LogP contribution in [0.15, 0.2) is 34.9 Å². The molecule has 0 bridgehead atoms. The van der Waals surface area contributed by atoms with Crippen molar-refractivity contribution in [2.24, 2.45) is 5.92 Å². The molecule has 1 aromatic carbocycles. The van der Waals surface area contributed by atoms with Gasteiger partial charge in [0.1, 0.15) is 0 Å². The highest BCUT2D eigenvalue weighted by atomic mass is 16.5. The molecule has 1 amide bonds. The highest BCUT2D eigenvalue weighted by Crippen LogP contribution is 2.26. The molecule has 6 heteroatoms. The third kappa shape index (κ3) is 4.75. The molecular formula is C21H27N3O3. The van der Waals surface area contributed by atoms with Crippen LogP contribution >= 0.6 is 0 Å². The average molecular weight is 369 g/mol. The Labute approximate surface area is 159 Å². The number of piperidine rings is 1. The van der Waals surface area contributed by atoms with Crippen LogP contribution in [0.2, 0.25) is 0 Å². The third-order valence-corrected chi connectivity index (χ3v) is 5.60. The van der Waals surface area contributed by atoms with Crippen LogP contribution in [0.3, 0.4) is 0 Å². The number of benzene rings is 1. The number of hydrogen-bond acceptors (Lipinski definition) is 5. The van der Waals surface area contributed by atoms with Gasteiger partial charge in [0.25, 0.3) is 0 Å². The van der Waals surface area contributed by atoms with Crippen LogP contribution in [0.1, 0.15) is 48.9 Å². The quantitative estimate of drug-likeness (QED) is 0.810. The Kier molecular flexibility index (Phi) is 5.82. The summed E-state index contributed by atoms with van der Waals surface area (Å²) in [4.78, 5) is 19.3. The van der Waals surface area contributed by atoms with Gasteiger partial charge in [-0.3, -0.25) is 4.79 Å². The van der Waals surface area contributed by atoms with Crippen molar-refractivity contribution >= 4 is 5.91 Å². The Balaban J connectivity index is 1.32. The van der Waals surface area contributed by atoms with Crippen molar-refractivity contribution in [2.75, 3.05) is 26.3 Å². The Morgan fingerprint density at radius 1 is 1.15 bits per heavy atom. The summed E-state index contributed by atoms with van der Waals surface area (Å²) in [6.07, 6.45) is 5.29. The topological polar surface area (TPSA) is 68.5 Å². The second-order valence-corrected chi connectivity index (χ2v) is 7.65. The largest absolute Gasteiger partial charge is 0.381 e. The van der Waals surface area contributed by atoms with Crippen molar-refractivity contribution in [1.29, 1.82) is 0 Å². The maximum atomic E-state index is 12.6. The van der Waals surface area contributed by atoms with Crippen LogP contribution in [0, 0.1) is 5.92 Å². The lowest BCUT2D eigenvalue weighted by Gasteiger charge is -2.32. The van der Waals surface area contributed by atoms with E-state index in [1.165, 1.54) is 0 Å². The molecule has 2 fully saturated rings. The molecular weight excluding hydrogens is 342 g/mol. The number of rotatable bonds is 5. The number of likely N-dealkylation sites (tertiary alicyclic amines) is 1. The van der Waals surface area contributed by atoms with Crippen molar-refractivity contribution in [3.63, 3.8) is 0 Å². The molecule has 2 aliphatic heterocycles. The van der Waals surface area contributed by atoms with Crippen LogP contribution in [0.4, 0.5) is 0 Å². The molecule has 2 aromatic rings. The SMILES string of the molecule is O=C(Cc1ccccc1)N1CCCC(Cc2nc(C3CCOCC3)no2)C1. The smallest absolute Gasteiger partial charge is 0.226 e. The molecule has 144 valence electrons. The molecule has 2 aliphatic rings. The number of ether oxygens (including phenoxy) is 1. The van der Waals surface area contributed by atoms with Crippen molar-refractivity contribution < 1.29 is 14.1 Å². The van der Waals surface area contributed by atoms with Gasteiger partial charge in [0.2, 0.25) is 11.8 Å². The molecule has 27 heavy (non-hydrogen) atoms. The van der Waals surface area contributed by atoms with Crippen molar-refractivity contribution in [3.05, 3.63) is 47.6 Å². The minimum absolute atomic E-state index is 0.208. The lowest BCUT2D eigenvalue weighted by molar-refractivity contribution is -0.132. The molecule has 6 nitrogen and oxygen atoms in total. The Morgan fingerprint density at radius 3 is 2.78 bits per heavy atom. The normalized spacial score (nSPS) is 21.3. The van der Waals surface area contributed by atoms with Gasteiger partial charge in [-0.1, -0.05) is 35.5 Å². The predicted octanol–water partition coefficient (Wildman–Crippen LogP) is 2.99. The molecule has 0 saturated carbocycles. The van der Waals surface area contributed by atoms with Crippen LogP contribution in [-0.4, -0.2) is 47.3 Å². The summed E-state index contributed by atoms with van der Waals surface area (Å²) in [5.74, 6) is 2.48. The first-order chi connectivity index (χ1) is 13.3. The number of aromatic nitrogens is 2. The summed E-state index contributed by atoms with van der Waals surface area (Å²) >= 11 is 0. The maximum absolute atomic E-state index is 12.6. The molecule has 4 rings (SSSR count). The van der Waals surface area contributed by atoms with E-state index in [0.29, 0.717) is 24.1 Å². The summed E-state index contributed by atoms with van der Waals surface area (Å²) in [5.41, 5.74) is 1.07. The Hall–Kier alpha value is -2.21. The number of hydrogen-bond donors (Lipinski definition) is 0. The molecule has 0 radical (unpaired) electrons. The van der Waals surface area contributed by atoms with Gasteiger partial charge in [-0.05, 0) is 37.2 Å². The average Bonchev–Trinajstić information content (AvgIpc) is 3.18. The van der Waals surface area contributed by atoms with E-state index in [1.807, 2.05) is 35.2 Å². The number of carbonyl (C=O) groups excluding carboxylic acids is 1. The Bertz CT molecular complexity index is 740. The highest BCUT2D eigenvalue weighted by molar-refractivity contribution is 5.78. The molecule has 1 unspecified atom stereocenters. The van der Waals surface area contributed by atoms with Crippen LogP contribution in [0.25, 0.3) is 0 Å². The van der Waals surface area contributed by atoms with E-state index >= 15 is 0 Å². The summed E-state index contributed by atoms with van der Waals surface area (Å²) in [6, 6.07) is 9.95. The van der Waals surface area contributed by atoms with Gasteiger partial charge in [0, 0.05) is 38.6 Å². The number of carbonyl (C=O) groups is 1. The summed E-state index contributed by atoms with van der Waals surface area (Å²) in [7, 11) is 0. The van der Waals surface area contributed by atoms with E-state index in [4.69, 9.17) is 9.26 Å². The van der Waals surface area contributed by atoms with Gasteiger partial charge in [0.05, 0.1) is 6.42 Å². The Morgan fingerprint density at radius 2 is 1.96 bits per heavy atom. The van der Waals surface area contributed by atoms with E-state index in [0.717, 1.165) is 69.8 Å². The second kappa shape index (κ2) is 8.65. The van der Waals surface area contributed by atoms with Gasteiger partial charge in [-0.2, -0.15) is 4.98 Å². The summed E-state index contributed by atoms with van der Waals surface area (Å²) < 4.78 is 10.9. The zero-order valence-corrected chi connectivity index (χ0v) is 15.7. The minimum atomic E-state index is 0.208. The summed E-state index contributed by atoms with van der Waals surface area (Å²) in [6.45, 7) is 3.17. The minimum Gasteiger partial charge on any atom is -0.381 e. The highest BCUT2D eigenvalue weighted by Gasteiger charge is 2.27. The van der Waals surface area contributed by atoms with Gasteiger partial charge in [-0.25, -0.2) is 0 Å². The molecule has 2 saturated heterocycles. The monoisotopic (exact) mass is 369 g/mol. The van der Waals surface area contributed by atoms with E-state index in [-0.39, 0.29) is 5.91 Å². The van der Waals surface area contributed by atoms with Crippen molar-refractivity contribution in [2.45, 2.75) is 44.4 Å². The molecule has 0 N–H and O–H groups in total. The zero-order chi connectivity index (χ0) is 18.5.